The molecule has 0 fully saturated rings. The maximum atomic E-state index is 13.3. The van der Waals surface area contributed by atoms with Crippen LogP contribution in [0.5, 0.6) is 5.75 Å². The molecule has 8 nitrogen and oxygen atoms in total. The Morgan fingerprint density at radius 2 is 1.53 bits per heavy atom. The minimum Gasteiger partial charge on any atom is -0.489 e. The molecule has 2 amide bonds. The lowest BCUT2D eigenvalue weighted by Crippen LogP contribution is -2.50. The molecule has 0 bridgehead atoms. The van der Waals surface area contributed by atoms with E-state index in [1.807, 2.05) is 97.1 Å². The number of ether oxygens (including phenoxy) is 2. The Kier molecular flexibility index (Phi) is 12.3. The van der Waals surface area contributed by atoms with E-state index in [-0.39, 0.29) is 43.3 Å². The van der Waals surface area contributed by atoms with Crippen LogP contribution < -0.4 is 15.4 Å². The van der Waals surface area contributed by atoms with Crippen molar-refractivity contribution < 1.29 is 29.0 Å². The van der Waals surface area contributed by atoms with Gasteiger partial charge >= 0.3 is 5.97 Å². The lowest BCUT2D eigenvalue weighted by molar-refractivity contribution is -0.151. The van der Waals surface area contributed by atoms with E-state index in [1.165, 1.54) is 0 Å². The van der Waals surface area contributed by atoms with Crippen LogP contribution >= 0.6 is 0 Å². The van der Waals surface area contributed by atoms with Crippen LogP contribution in [-0.4, -0.2) is 47.7 Å². The van der Waals surface area contributed by atoms with Crippen LogP contribution in [0.15, 0.2) is 97.1 Å². The third-order valence-corrected chi connectivity index (χ3v) is 7.74. The summed E-state index contributed by atoms with van der Waals surface area (Å²) in [5.74, 6) is -1.15. The normalized spacial score (nSPS) is 19.3. The number of nitrogens with one attached hydrogen (secondary N) is 2. The van der Waals surface area contributed by atoms with Crippen molar-refractivity contribution in [1.82, 2.24) is 10.6 Å². The number of aliphatic hydroxyl groups excluding tert-OH is 1. The van der Waals surface area contributed by atoms with Gasteiger partial charge in [-0.25, -0.2) is 0 Å². The van der Waals surface area contributed by atoms with Gasteiger partial charge in [0, 0.05) is 6.42 Å². The zero-order chi connectivity index (χ0) is 32.1. The van der Waals surface area contributed by atoms with Crippen LogP contribution in [-0.2, 0) is 38.6 Å². The van der Waals surface area contributed by atoms with E-state index < -0.39 is 17.5 Å². The van der Waals surface area contributed by atoms with Gasteiger partial charge in [-0.05, 0) is 68.4 Å². The molecular formula is C37H44N2O6. The molecule has 4 rings (SSSR count). The summed E-state index contributed by atoms with van der Waals surface area (Å²) in [5.41, 5.74) is 2.25. The van der Waals surface area contributed by atoms with Gasteiger partial charge in [-0.15, -0.1) is 0 Å². The third kappa shape index (κ3) is 11.2. The first kappa shape index (κ1) is 33.5. The molecule has 0 unspecified atom stereocenters. The Morgan fingerprint density at radius 3 is 2.18 bits per heavy atom. The zero-order valence-corrected chi connectivity index (χ0v) is 26.1. The lowest BCUT2D eigenvalue weighted by Gasteiger charge is -2.29. The Hall–Kier alpha value is -4.43. The molecule has 0 aromatic heterocycles. The van der Waals surface area contributed by atoms with Crippen LogP contribution in [0.25, 0.3) is 0 Å². The lowest BCUT2D eigenvalue weighted by atomic mass is 9.93. The number of carbonyl (C=O) groups excluding carboxylic acids is 3. The second-order valence-corrected chi connectivity index (χ2v) is 12.3. The number of esters is 1. The molecule has 3 atom stereocenters. The second kappa shape index (κ2) is 16.6. The second-order valence-electron chi connectivity index (χ2n) is 12.3. The highest BCUT2D eigenvalue weighted by atomic mass is 16.5. The van der Waals surface area contributed by atoms with Gasteiger partial charge in [-0.1, -0.05) is 84.9 Å². The molecule has 1 aliphatic rings. The van der Waals surface area contributed by atoms with E-state index >= 15 is 0 Å². The summed E-state index contributed by atoms with van der Waals surface area (Å²) in [6.45, 7) is 3.84. The summed E-state index contributed by atoms with van der Waals surface area (Å²) in [7, 11) is 0. The third-order valence-electron chi connectivity index (χ3n) is 7.74. The molecule has 0 radical (unpaired) electrons. The van der Waals surface area contributed by atoms with Crippen LogP contribution in [0, 0.1) is 11.8 Å². The van der Waals surface area contributed by atoms with Gasteiger partial charge < -0.3 is 25.2 Å². The van der Waals surface area contributed by atoms with Gasteiger partial charge in [0.2, 0.25) is 11.8 Å². The summed E-state index contributed by atoms with van der Waals surface area (Å²) in [4.78, 5) is 39.3. The average molecular weight is 613 g/mol. The molecular weight excluding hydrogens is 568 g/mol. The van der Waals surface area contributed by atoms with Crippen molar-refractivity contribution in [3.05, 3.63) is 114 Å². The maximum absolute atomic E-state index is 13.3. The summed E-state index contributed by atoms with van der Waals surface area (Å²) in [5, 5.41) is 15.9. The highest BCUT2D eigenvalue weighted by Gasteiger charge is 2.30. The van der Waals surface area contributed by atoms with E-state index in [0.717, 1.165) is 22.4 Å². The Labute approximate surface area is 265 Å². The Bertz CT molecular complexity index is 1410. The molecule has 3 N–H and O–H groups in total. The number of benzene rings is 3. The Morgan fingerprint density at radius 1 is 0.911 bits per heavy atom. The summed E-state index contributed by atoms with van der Waals surface area (Å²) in [6, 6.07) is 26.8. The van der Waals surface area contributed by atoms with E-state index in [2.05, 4.69) is 10.6 Å². The first-order valence-corrected chi connectivity index (χ1v) is 15.5. The maximum Gasteiger partial charge on any atom is 0.309 e. The van der Waals surface area contributed by atoms with Crippen molar-refractivity contribution in [3.63, 3.8) is 0 Å². The van der Waals surface area contributed by atoms with Crippen LogP contribution in [0.3, 0.4) is 0 Å². The number of carbonyl (C=O) groups is 3. The van der Waals surface area contributed by atoms with Gasteiger partial charge in [-0.3, -0.25) is 14.4 Å². The fourth-order valence-electron chi connectivity index (χ4n) is 5.23. The average Bonchev–Trinajstić information content (AvgIpc) is 3.04. The quantitative estimate of drug-likeness (QED) is 0.209. The SMILES string of the molecule is CC1(C)COC(=O)[C@@H](Cc2ccccc2)CC=CC[C@H](CC(=O)N[C@H](CO)Cc2ccc(OCc3ccccc3)cc2)C(=O)N1. The van der Waals surface area contributed by atoms with Gasteiger partial charge in [-0.2, -0.15) is 0 Å². The van der Waals surface area contributed by atoms with Crippen molar-refractivity contribution in [1.29, 1.82) is 0 Å². The fraction of sp³-hybridized carbons (Fsp3) is 0.378. The molecule has 1 aliphatic heterocycles. The number of hydrogen-bond acceptors (Lipinski definition) is 6. The first-order chi connectivity index (χ1) is 21.7. The standard InChI is InChI=1S/C37H44N2O6/c1-37(2)26-45-36(43)31(21-27-11-5-3-6-12-27)16-10-9-15-30(35(42)39-37)23-34(41)38-32(24-40)22-28-17-19-33(20-18-28)44-25-29-13-7-4-8-14-29/h3-14,17-20,30-32,40H,15-16,21-26H2,1-2H3,(H,38,41)(H,39,42)/t30-,31-,32+/m1/s1. The molecule has 3 aromatic rings. The largest absolute Gasteiger partial charge is 0.489 e. The summed E-state index contributed by atoms with van der Waals surface area (Å²) < 4.78 is 11.5. The molecule has 45 heavy (non-hydrogen) atoms. The topological polar surface area (TPSA) is 114 Å². The number of amides is 2. The zero-order valence-electron chi connectivity index (χ0n) is 26.1. The number of aliphatic hydroxyl groups is 1. The van der Waals surface area contributed by atoms with Crippen molar-refractivity contribution in [2.75, 3.05) is 13.2 Å². The molecule has 0 saturated heterocycles. The van der Waals surface area contributed by atoms with E-state index in [1.54, 1.807) is 13.8 Å². The van der Waals surface area contributed by atoms with Crippen molar-refractivity contribution in [2.45, 2.75) is 64.1 Å². The number of cyclic esters (lactones) is 1. The van der Waals surface area contributed by atoms with Crippen LogP contribution in [0.2, 0.25) is 0 Å². The monoisotopic (exact) mass is 612 g/mol. The van der Waals surface area contributed by atoms with Crippen molar-refractivity contribution >= 4 is 17.8 Å². The minimum atomic E-state index is -0.813. The molecule has 0 saturated carbocycles. The van der Waals surface area contributed by atoms with Crippen molar-refractivity contribution in [3.8, 4) is 5.75 Å². The first-order valence-electron chi connectivity index (χ1n) is 15.5. The minimum absolute atomic E-state index is 0.0220. The van der Waals surface area contributed by atoms with E-state index in [0.29, 0.717) is 32.3 Å². The molecule has 8 heteroatoms. The predicted octanol–water partition coefficient (Wildman–Crippen LogP) is 4.94. The molecule has 1 heterocycles. The van der Waals surface area contributed by atoms with Gasteiger partial charge in [0.25, 0.3) is 0 Å². The molecule has 0 spiro atoms. The van der Waals surface area contributed by atoms with E-state index in [9.17, 15) is 19.5 Å². The van der Waals surface area contributed by atoms with Gasteiger partial charge in [0.15, 0.2) is 0 Å². The summed E-state index contributed by atoms with van der Waals surface area (Å²) >= 11 is 0. The van der Waals surface area contributed by atoms with Crippen LogP contribution in [0.4, 0.5) is 0 Å². The van der Waals surface area contributed by atoms with Crippen molar-refractivity contribution in [2.24, 2.45) is 11.8 Å². The fourth-order valence-corrected chi connectivity index (χ4v) is 5.23. The molecule has 238 valence electrons. The number of hydrogen-bond donors (Lipinski definition) is 3. The molecule has 3 aromatic carbocycles. The predicted molar refractivity (Wildman–Crippen MR) is 173 cm³/mol. The highest BCUT2D eigenvalue weighted by molar-refractivity contribution is 5.86. The summed E-state index contributed by atoms with van der Waals surface area (Å²) in [6.07, 6.45) is 5.51. The highest BCUT2D eigenvalue weighted by Crippen LogP contribution is 2.20. The smallest absolute Gasteiger partial charge is 0.309 e. The van der Waals surface area contributed by atoms with Crippen LogP contribution in [0.1, 0.15) is 49.8 Å². The Balaban J connectivity index is 1.34. The van der Waals surface area contributed by atoms with Gasteiger partial charge in [0.1, 0.15) is 19.0 Å². The van der Waals surface area contributed by atoms with E-state index in [4.69, 9.17) is 9.47 Å². The van der Waals surface area contributed by atoms with Gasteiger partial charge in [0.05, 0.1) is 30.0 Å². The number of allylic oxidation sites excluding steroid dienone is 2. The number of rotatable bonds is 11. The molecule has 0 aliphatic carbocycles.